The molecule has 0 saturated heterocycles. The third-order valence-electron chi connectivity index (χ3n) is 4.42. The van der Waals surface area contributed by atoms with E-state index in [2.05, 4.69) is 15.5 Å². The maximum Gasteiger partial charge on any atom is 0.230 e. The quantitative estimate of drug-likeness (QED) is 0.537. The van der Waals surface area contributed by atoms with Crippen LogP contribution in [0.4, 0.5) is 0 Å². The van der Waals surface area contributed by atoms with Crippen molar-refractivity contribution in [2.75, 3.05) is 5.75 Å². The summed E-state index contributed by atoms with van der Waals surface area (Å²) in [5.41, 5.74) is 2.29. The molecule has 3 rings (SSSR count). The van der Waals surface area contributed by atoms with Crippen molar-refractivity contribution >= 4 is 17.7 Å². The van der Waals surface area contributed by atoms with Gasteiger partial charge in [0.2, 0.25) is 5.91 Å². The van der Waals surface area contributed by atoms with Crippen LogP contribution in [0.25, 0.3) is 0 Å². The number of benzene rings is 2. The number of aromatic nitrogens is 3. The van der Waals surface area contributed by atoms with E-state index >= 15 is 0 Å². The van der Waals surface area contributed by atoms with Crippen LogP contribution in [0.1, 0.15) is 36.9 Å². The lowest BCUT2D eigenvalue weighted by atomic mass is 10.1. The fourth-order valence-electron chi connectivity index (χ4n) is 2.85. The number of nitrogens with one attached hydrogen (secondary N) is 1. The van der Waals surface area contributed by atoms with Gasteiger partial charge < -0.3 is 14.6 Å². The van der Waals surface area contributed by atoms with Gasteiger partial charge in [-0.25, -0.2) is 0 Å². The van der Waals surface area contributed by atoms with Crippen LogP contribution < -0.4 is 10.1 Å². The van der Waals surface area contributed by atoms with Gasteiger partial charge in [0, 0.05) is 13.1 Å². The van der Waals surface area contributed by atoms with Crippen LogP contribution >= 0.6 is 11.8 Å². The van der Waals surface area contributed by atoms with Crippen LogP contribution in [0, 0.1) is 6.92 Å². The van der Waals surface area contributed by atoms with Crippen LogP contribution in [0.15, 0.2) is 59.8 Å². The molecule has 0 spiro atoms. The third-order valence-corrected chi connectivity index (χ3v) is 5.39. The van der Waals surface area contributed by atoms with Gasteiger partial charge in [0.05, 0.1) is 5.75 Å². The minimum Gasteiger partial charge on any atom is -0.483 e. The molecule has 0 radical (unpaired) electrons. The van der Waals surface area contributed by atoms with Crippen molar-refractivity contribution < 1.29 is 9.53 Å². The summed E-state index contributed by atoms with van der Waals surface area (Å²) in [6.45, 7) is 7.25. The average Bonchev–Trinajstić information content (AvgIpc) is 3.15. The summed E-state index contributed by atoms with van der Waals surface area (Å²) in [5.74, 6) is 1.79. The molecule has 1 unspecified atom stereocenters. The highest BCUT2D eigenvalue weighted by Gasteiger charge is 2.19. The summed E-state index contributed by atoms with van der Waals surface area (Å²) in [6.07, 6.45) is -0.241. The topological polar surface area (TPSA) is 69.0 Å². The first-order chi connectivity index (χ1) is 14.1. The summed E-state index contributed by atoms with van der Waals surface area (Å²) in [7, 11) is 0. The maximum absolute atomic E-state index is 12.2. The number of carbonyl (C=O) groups excluding carboxylic acids is 1. The minimum absolute atomic E-state index is 0.0311. The molecule has 1 amide bonds. The number of hydrogen-bond donors (Lipinski definition) is 1. The Labute approximate surface area is 175 Å². The van der Waals surface area contributed by atoms with Crippen molar-refractivity contribution in [3.05, 3.63) is 71.5 Å². The largest absolute Gasteiger partial charge is 0.483 e. The molecule has 0 aliphatic carbocycles. The van der Waals surface area contributed by atoms with Gasteiger partial charge in [0.25, 0.3) is 0 Å². The van der Waals surface area contributed by atoms with Crippen LogP contribution in [-0.2, 0) is 17.9 Å². The summed E-state index contributed by atoms with van der Waals surface area (Å²) >= 11 is 1.38. The number of rotatable bonds is 9. The van der Waals surface area contributed by atoms with Crippen molar-refractivity contribution in [3.63, 3.8) is 0 Å². The van der Waals surface area contributed by atoms with Gasteiger partial charge in [-0.1, -0.05) is 59.8 Å². The van der Waals surface area contributed by atoms with Crippen LogP contribution in [0.2, 0.25) is 0 Å². The van der Waals surface area contributed by atoms with Crippen molar-refractivity contribution in [2.45, 2.75) is 45.1 Å². The lowest BCUT2D eigenvalue weighted by Crippen LogP contribution is -2.24. The molecule has 7 heteroatoms. The standard InChI is InChI=1S/C22H26N4O2S/c1-4-26-21(17(3)28-19-8-6-5-7-9-19)24-25-22(26)29-15-20(27)23-14-18-12-10-16(2)11-13-18/h5-13,17H,4,14-15H2,1-3H3,(H,23,27). The average molecular weight is 411 g/mol. The highest BCUT2D eigenvalue weighted by atomic mass is 32.2. The molecule has 1 N–H and O–H groups in total. The highest BCUT2D eigenvalue weighted by molar-refractivity contribution is 7.99. The summed E-state index contributed by atoms with van der Waals surface area (Å²) in [4.78, 5) is 12.2. The number of para-hydroxylation sites is 1. The molecular weight excluding hydrogens is 384 g/mol. The van der Waals surface area contributed by atoms with E-state index in [1.165, 1.54) is 17.3 Å². The number of ether oxygens (including phenoxy) is 1. The predicted octanol–water partition coefficient (Wildman–Crippen LogP) is 4.15. The summed E-state index contributed by atoms with van der Waals surface area (Å²) in [5, 5.41) is 12.2. The Morgan fingerprint density at radius 2 is 1.86 bits per heavy atom. The van der Waals surface area contributed by atoms with E-state index in [0.717, 1.165) is 22.3 Å². The van der Waals surface area contributed by atoms with E-state index < -0.39 is 0 Å². The van der Waals surface area contributed by atoms with E-state index in [1.54, 1.807) is 0 Å². The zero-order chi connectivity index (χ0) is 20.6. The molecule has 0 fully saturated rings. The van der Waals surface area contributed by atoms with Crippen molar-refractivity contribution in [3.8, 4) is 5.75 Å². The monoisotopic (exact) mass is 410 g/mol. The Balaban J connectivity index is 1.55. The van der Waals surface area contributed by atoms with Gasteiger partial charge >= 0.3 is 0 Å². The number of aryl methyl sites for hydroxylation is 1. The molecule has 6 nitrogen and oxygen atoms in total. The van der Waals surface area contributed by atoms with Crippen molar-refractivity contribution in [1.29, 1.82) is 0 Å². The van der Waals surface area contributed by atoms with Gasteiger partial charge in [-0.05, 0) is 38.5 Å². The maximum atomic E-state index is 12.2. The number of amides is 1. The van der Waals surface area contributed by atoms with Crippen LogP contribution in [0.3, 0.4) is 0 Å². The van der Waals surface area contributed by atoms with Crippen LogP contribution in [-0.4, -0.2) is 26.4 Å². The molecular formula is C22H26N4O2S. The predicted molar refractivity (Wildman–Crippen MR) is 115 cm³/mol. The van der Waals surface area contributed by atoms with Crippen molar-refractivity contribution in [2.24, 2.45) is 0 Å². The van der Waals surface area contributed by atoms with Crippen molar-refractivity contribution in [1.82, 2.24) is 20.1 Å². The van der Waals surface area contributed by atoms with Gasteiger partial charge in [0.1, 0.15) is 5.75 Å². The second kappa shape index (κ2) is 10.1. The van der Waals surface area contributed by atoms with E-state index in [4.69, 9.17) is 4.74 Å². The number of thioether (sulfide) groups is 1. The molecule has 29 heavy (non-hydrogen) atoms. The molecule has 152 valence electrons. The summed E-state index contributed by atoms with van der Waals surface area (Å²) in [6, 6.07) is 17.8. The molecule has 3 aromatic rings. The van der Waals surface area contributed by atoms with E-state index in [9.17, 15) is 4.79 Å². The van der Waals surface area contributed by atoms with Crippen LogP contribution in [0.5, 0.6) is 5.75 Å². The van der Waals surface area contributed by atoms with E-state index in [0.29, 0.717) is 13.1 Å². The second-order valence-electron chi connectivity index (χ2n) is 6.71. The smallest absolute Gasteiger partial charge is 0.230 e. The zero-order valence-electron chi connectivity index (χ0n) is 17.0. The second-order valence-corrected chi connectivity index (χ2v) is 7.65. The van der Waals surface area contributed by atoms with Gasteiger partial charge in [-0.2, -0.15) is 0 Å². The van der Waals surface area contributed by atoms with Gasteiger partial charge in [-0.15, -0.1) is 10.2 Å². The molecule has 0 aliphatic rings. The van der Waals surface area contributed by atoms with Gasteiger partial charge in [0.15, 0.2) is 17.1 Å². The lowest BCUT2D eigenvalue weighted by Gasteiger charge is -2.15. The fraction of sp³-hybridized carbons (Fsp3) is 0.318. The third kappa shape index (κ3) is 5.84. The minimum atomic E-state index is -0.241. The molecule has 0 saturated carbocycles. The number of hydrogen-bond acceptors (Lipinski definition) is 5. The Hall–Kier alpha value is -2.80. The molecule has 1 atom stereocenters. The fourth-order valence-corrected chi connectivity index (χ4v) is 3.69. The molecule has 0 aliphatic heterocycles. The molecule has 2 aromatic carbocycles. The zero-order valence-corrected chi connectivity index (χ0v) is 17.8. The number of nitrogens with zero attached hydrogens (tertiary/aromatic N) is 3. The van der Waals surface area contributed by atoms with E-state index in [1.807, 2.05) is 79.9 Å². The Bertz CT molecular complexity index is 926. The Morgan fingerprint density at radius 1 is 1.14 bits per heavy atom. The normalized spacial score (nSPS) is 11.8. The number of carbonyl (C=O) groups is 1. The first-order valence-electron chi connectivity index (χ1n) is 9.66. The van der Waals surface area contributed by atoms with E-state index in [-0.39, 0.29) is 17.8 Å². The first-order valence-corrected chi connectivity index (χ1v) is 10.6. The Morgan fingerprint density at radius 3 is 2.55 bits per heavy atom. The van der Waals surface area contributed by atoms with Gasteiger partial charge in [-0.3, -0.25) is 4.79 Å². The Kier molecular flexibility index (Phi) is 7.30. The highest BCUT2D eigenvalue weighted by Crippen LogP contribution is 2.24. The first kappa shape index (κ1) is 20.9. The lowest BCUT2D eigenvalue weighted by molar-refractivity contribution is -0.118. The molecule has 1 heterocycles. The molecule has 1 aromatic heterocycles. The summed E-state index contributed by atoms with van der Waals surface area (Å²) < 4.78 is 7.96. The SMILES string of the molecule is CCn1c(SCC(=O)NCc2ccc(C)cc2)nnc1C(C)Oc1ccccc1. The molecule has 0 bridgehead atoms.